The average molecular weight is 284 g/mol. The van der Waals surface area contributed by atoms with E-state index in [0.717, 1.165) is 11.1 Å². The monoisotopic (exact) mass is 284 g/mol. The minimum absolute atomic E-state index is 0.281. The van der Waals surface area contributed by atoms with E-state index >= 15 is 0 Å². The van der Waals surface area contributed by atoms with Gasteiger partial charge in [-0.1, -0.05) is 59.7 Å². The maximum absolute atomic E-state index is 10.6. The van der Waals surface area contributed by atoms with E-state index in [-0.39, 0.29) is 6.10 Å². The molecular formula is C19H24O2. The fraction of sp³-hybridized carbons (Fsp3) is 0.368. The first kappa shape index (κ1) is 15.7. The predicted molar refractivity (Wildman–Crippen MR) is 86.4 cm³/mol. The number of ether oxygens (including phenoxy) is 1. The summed E-state index contributed by atoms with van der Waals surface area (Å²) in [5, 5.41) is 10.6. The van der Waals surface area contributed by atoms with Crippen molar-refractivity contribution in [3.63, 3.8) is 0 Å². The molecule has 0 bridgehead atoms. The Labute approximate surface area is 127 Å². The summed E-state index contributed by atoms with van der Waals surface area (Å²) in [6.07, 6.45) is -0.229. The zero-order valence-electron chi connectivity index (χ0n) is 13.0. The zero-order valence-corrected chi connectivity index (χ0v) is 13.0. The zero-order chi connectivity index (χ0) is 15.2. The van der Waals surface area contributed by atoms with Gasteiger partial charge in [-0.05, 0) is 31.9 Å². The highest BCUT2D eigenvalue weighted by Gasteiger charge is 2.21. The molecule has 0 aliphatic heterocycles. The number of hydrogen-bond acceptors (Lipinski definition) is 2. The Balaban J connectivity index is 2.17. The maximum Gasteiger partial charge on any atom is 0.109 e. The van der Waals surface area contributed by atoms with Crippen LogP contribution < -0.4 is 0 Å². The summed E-state index contributed by atoms with van der Waals surface area (Å²) in [5.41, 5.74) is 4.63. The topological polar surface area (TPSA) is 29.5 Å². The third-order valence-electron chi connectivity index (χ3n) is 3.55. The second kappa shape index (κ2) is 7.39. The van der Waals surface area contributed by atoms with E-state index in [0.29, 0.717) is 13.0 Å². The highest BCUT2D eigenvalue weighted by atomic mass is 16.5. The van der Waals surface area contributed by atoms with E-state index < -0.39 is 6.10 Å². The SMILES string of the molecule is CCOC(c1ccccc1)C(O)Cc1cc(C)cc(C)c1. The summed E-state index contributed by atoms with van der Waals surface area (Å²) in [4.78, 5) is 0. The second-order valence-electron chi connectivity index (χ2n) is 5.55. The summed E-state index contributed by atoms with van der Waals surface area (Å²) >= 11 is 0. The summed E-state index contributed by atoms with van der Waals surface area (Å²) in [5.74, 6) is 0. The highest BCUT2D eigenvalue weighted by molar-refractivity contribution is 5.29. The molecule has 2 heteroatoms. The number of benzene rings is 2. The maximum atomic E-state index is 10.6. The van der Waals surface area contributed by atoms with E-state index in [1.54, 1.807) is 0 Å². The fourth-order valence-corrected chi connectivity index (χ4v) is 2.79. The molecule has 0 amide bonds. The van der Waals surface area contributed by atoms with E-state index in [4.69, 9.17) is 4.74 Å². The minimum Gasteiger partial charge on any atom is -0.390 e. The van der Waals surface area contributed by atoms with Crippen molar-refractivity contribution >= 4 is 0 Å². The number of aliphatic hydroxyl groups is 1. The van der Waals surface area contributed by atoms with Crippen molar-refractivity contribution in [1.82, 2.24) is 0 Å². The minimum atomic E-state index is -0.548. The van der Waals surface area contributed by atoms with Crippen molar-refractivity contribution in [2.75, 3.05) is 6.61 Å². The smallest absolute Gasteiger partial charge is 0.109 e. The van der Waals surface area contributed by atoms with Crippen molar-refractivity contribution in [3.8, 4) is 0 Å². The van der Waals surface area contributed by atoms with Crippen molar-refractivity contribution < 1.29 is 9.84 Å². The molecule has 0 aliphatic carbocycles. The molecule has 2 aromatic rings. The molecule has 2 aromatic carbocycles. The predicted octanol–water partition coefficient (Wildman–Crippen LogP) is 3.98. The van der Waals surface area contributed by atoms with Gasteiger partial charge in [-0.3, -0.25) is 0 Å². The Morgan fingerprint density at radius 2 is 1.62 bits per heavy atom. The van der Waals surface area contributed by atoms with Crippen LogP contribution in [0.4, 0.5) is 0 Å². The molecule has 2 nitrogen and oxygen atoms in total. The Bertz CT molecular complexity index is 543. The van der Waals surface area contributed by atoms with Crippen LogP contribution in [0.15, 0.2) is 48.5 Å². The first-order valence-electron chi connectivity index (χ1n) is 7.52. The number of rotatable bonds is 6. The molecule has 0 saturated heterocycles. The first-order chi connectivity index (χ1) is 10.1. The largest absolute Gasteiger partial charge is 0.390 e. The molecule has 1 N–H and O–H groups in total. The summed E-state index contributed by atoms with van der Waals surface area (Å²) in [6.45, 7) is 6.71. The lowest BCUT2D eigenvalue weighted by atomic mass is 9.96. The normalized spacial score (nSPS) is 13.9. The summed E-state index contributed by atoms with van der Waals surface area (Å²) in [7, 11) is 0. The van der Waals surface area contributed by atoms with Crippen molar-refractivity contribution in [2.24, 2.45) is 0 Å². The van der Waals surface area contributed by atoms with Gasteiger partial charge in [0.15, 0.2) is 0 Å². The lowest BCUT2D eigenvalue weighted by molar-refractivity contribution is -0.0339. The molecule has 0 aliphatic rings. The molecule has 0 saturated carbocycles. The van der Waals surface area contributed by atoms with Gasteiger partial charge in [-0.15, -0.1) is 0 Å². The molecule has 0 spiro atoms. The van der Waals surface area contributed by atoms with E-state index in [1.165, 1.54) is 11.1 Å². The molecule has 2 unspecified atom stereocenters. The molecule has 0 radical (unpaired) electrons. The quantitative estimate of drug-likeness (QED) is 0.869. The van der Waals surface area contributed by atoms with Crippen LogP contribution in [0.2, 0.25) is 0 Å². The van der Waals surface area contributed by atoms with Gasteiger partial charge in [0.2, 0.25) is 0 Å². The Kier molecular flexibility index (Phi) is 5.54. The standard InChI is InChI=1S/C19H24O2/c1-4-21-19(17-8-6-5-7-9-17)18(20)13-16-11-14(2)10-15(3)12-16/h5-12,18-20H,4,13H2,1-3H3. The highest BCUT2D eigenvalue weighted by Crippen LogP contribution is 2.24. The van der Waals surface area contributed by atoms with Crippen LogP contribution in [0.1, 0.15) is 35.3 Å². The third-order valence-corrected chi connectivity index (χ3v) is 3.55. The fourth-order valence-electron chi connectivity index (χ4n) is 2.79. The van der Waals surface area contributed by atoms with Crippen molar-refractivity contribution in [2.45, 2.75) is 39.4 Å². The van der Waals surface area contributed by atoms with Crippen LogP contribution in [-0.4, -0.2) is 17.8 Å². The third kappa shape index (κ3) is 4.42. The Morgan fingerprint density at radius 1 is 1.00 bits per heavy atom. The van der Waals surface area contributed by atoms with Crippen molar-refractivity contribution in [3.05, 3.63) is 70.8 Å². The van der Waals surface area contributed by atoms with Crippen LogP contribution >= 0.6 is 0 Å². The Hall–Kier alpha value is -1.64. The molecule has 0 aromatic heterocycles. The molecule has 2 rings (SSSR count). The molecule has 21 heavy (non-hydrogen) atoms. The molecule has 2 atom stereocenters. The van der Waals surface area contributed by atoms with Crippen LogP contribution in [-0.2, 0) is 11.2 Å². The second-order valence-corrected chi connectivity index (χ2v) is 5.55. The van der Waals surface area contributed by atoms with E-state index in [1.807, 2.05) is 37.3 Å². The van der Waals surface area contributed by atoms with Gasteiger partial charge in [-0.2, -0.15) is 0 Å². The van der Waals surface area contributed by atoms with Crippen molar-refractivity contribution in [1.29, 1.82) is 0 Å². The van der Waals surface area contributed by atoms with Crippen LogP contribution in [0, 0.1) is 13.8 Å². The Morgan fingerprint density at radius 3 is 2.19 bits per heavy atom. The van der Waals surface area contributed by atoms with Crippen LogP contribution in [0.3, 0.4) is 0 Å². The molecule has 0 heterocycles. The van der Waals surface area contributed by atoms with Gasteiger partial charge < -0.3 is 9.84 Å². The molecular weight excluding hydrogens is 260 g/mol. The molecule has 0 fully saturated rings. The lowest BCUT2D eigenvalue weighted by Crippen LogP contribution is -2.23. The lowest BCUT2D eigenvalue weighted by Gasteiger charge is -2.23. The average Bonchev–Trinajstić information content (AvgIpc) is 2.44. The van der Waals surface area contributed by atoms with E-state index in [9.17, 15) is 5.11 Å². The van der Waals surface area contributed by atoms with Gasteiger partial charge in [0.05, 0.1) is 6.10 Å². The summed E-state index contributed by atoms with van der Waals surface area (Å²) in [6, 6.07) is 16.3. The van der Waals surface area contributed by atoms with E-state index in [2.05, 4.69) is 32.0 Å². The van der Waals surface area contributed by atoms with Crippen LogP contribution in [0.25, 0.3) is 0 Å². The van der Waals surface area contributed by atoms with Gasteiger partial charge in [0, 0.05) is 13.0 Å². The number of aliphatic hydroxyl groups excluding tert-OH is 1. The number of hydrogen-bond donors (Lipinski definition) is 1. The summed E-state index contributed by atoms with van der Waals surface area (Å²) < 4.78 is 5.77. The first-order valence-corrected chi connectivity index (χ1v) is 7.52. The number of aryl methyl sites for hydroxylation is 2. The van der Waals surface area contributed by atoms with Gasteiger partial charge >= 0.3 is 0 Å². The van der Waals surface area contributed by atoms with Crippen LogP contribution in [0.5, 0.6) is 0 Å². The van der Waals surface area contributed by atoms with Gasteiger partial charge in [0.1, 0.15) is 6.10 Å². The van der Waals surface area contributed by atoms with Gasteiger partial charge in [-0.25, -0.2) is 0 Å². The molecule has 112 valence electrons. The van der Waals surface area contributed by atoms with Gasteiger partial charge in [0.25, 0.3) is 0 Å².